The fourth-order valence-corrected chi connectivity index (χ4v) is 4.55. The molecule has 0 N–H and O–H groups in total. The van der Waals surface area contributed by atoms with Crippen LogP contribution in [0.1, 0.15) is 25.3 Å². The summed E-state index contributed by atoms with van der Waals surface area (Å²) < 4.78 is 67.2. The summed E-state index contributed by atoms with van der Waals surface area (Å²) in [7, 11) is -3.17. The Balaban J connectivity index is 2.08. The van der Waals surface area contributed by atoms with Gasteiger partial charge in [-0.2, -0.15) is 13.2 Å². The van der Waals surface area contributed by atoms with Crippen LogP contribution in [0.3, 0.4) is 0 Å². The van der Waals surface area contributed by atoms with Crippen molar-refractivity contribution in [1.82, 2.24) is 4.90 Å². The van der Waals surface area contributed by atoms with Crippen LogP contribution in [0, 0.1) is 0 Å². The number of nitrogens with zero attached hydrogens (tertiary/aromatic N) is 1. The van der Waals surface area contributed by atoms with E-state index in [1.807, 2.05) is 6.92 Å². The molecule has 0 radical (unpaired) electrons. The third kappa shape index (κ3) is 5.10. The number of benzene rings is 1. The van der Waals surface area contributed by atoms with Gasteiger partial charge in [0.25, 0.3) is 5.91 Å². The van der Waals surface area contributed by atoms with Gasteiger partial charge in [-0.25, -0.2) is 8.42 Å². The van der Waals surface area contributed by atoms with Crippen LogP contribution in [0.25, 0.3) is 0 Å². The van der Waals surface area contributed by atoms with Gasteiger partial charge in [-0.1, -0.05) is 19.1 Å². The van der Waals surface area contributed by atoms with E-state index in [4.69, 9.17) is 4.74 Å². The summed E-state index contributed by atoms with van der Waals surface area (Å²) in [5.41, 5.74) is -0.951. The minimum Gasteiger partial charge on any atom is -0.483 e. The van der Waals surface area contributed by atoms with Crippen LogP contribution in [0.4, 0.5) is 13.2 Å². The molecular weight excluding hydrogens is 359 g/mol. The standard InChI is InChI=1S/C16H20F3NO4S/c1-2-8-20(12-7-9-25(22,23)11-12)15(21)10-24-14-6-4-3-5-13(14)16(17,18)19/h3-6,12H,2,7-11H2,1H3. The van der Waals surface area contributed by atoms with Crippen LogP contribution in [0.15, 0.2) is 24.3 Å². The van der Waals surface area contributed by atoms with Crippen LogP contribution in [-0.2, 0) is 20.8 Å². The lowest BCUT2D eigenvalue weighted by atomic mass is 10.2. The summed E-state index contributed by atoms with van der Waals surface area (Å²) in [6.45, 7) is 1.61. The maximum absolute atomic E-state index is 12.9. The number of carbonyl (C=O) groups excluding carboxylic acids is 1. The molecule has 0 aromatic heterocycles. The minimum atomic E-state index is -4.58. The molecule has 9 heteroatoms. The van der Waals surface area contributed by atoms with Gasteiger partial charge in [0, 0.05) is 12.6 Å². The monoisotopic (exact) mass is 379 g/mol. The van der Waals surface area contributed by atoms with Crippen molar-refractivity contribution in [2.75, 3.05) is 24.7 Å². The van der Waals surface area contributed by atoms with Crippen molar-refractivity contribution in [3.8, 4) is 5.75 Å². The number of para-hydroxylation sites is 1. The van der Waals surface area contributed by atoms with E-state index in [2.05, 4.69) is 0 Å². The number of hydrogen-bond acceptors (Lipinski definition) is 4. The number of rotatable bonds is 6. The molecule has 1 fully saturated rings. The van der Waals surface area contributed by atoms with Gasteiger partial charge in [0.2, 0.25) is 0 Å². The highest BCUT2D eigenvalue weighted by Crippen LogP contribution is 2.35. The Hall–Kier alpha value is -1.77. The van der Waals surface area contributed by atoms with Crippen molar-refractivity contribution in [1.29, 1.82) is 0 Å². The first-order valence-corrected chi connectivity index (χ1v) is 9.75. The number of sulfone groups is 1. The fourth-order valence-electron chi connectivity index (χ4n) is 2.82. The smallest absolute Gasteiger partial charge is 0.419 e. The van der Waals surface area contributed by atoms with Crippen molar-refractivity contribution in [3.05, 3.63) is 29.8 Å². The second kappa shape index (κ2) is 7.63. The zero-order valence-corrected chi connectivity index (χ0v) is 14.6. The molecule has 0 aliphatic carbocycles. The molecule has 1 atom stereocenters. The lowest BCUT2D eigenvalue weighted by molar-refractivity contribution is -0.141. The van der Waals surface area contributed by atoms with Gasteiger partial charge >= 0.3 is 6.18 Å². The van der Waals surface area contributed by atoms with Crippen molar-refractivity contribution >= 4 is 15.7 Å². The van der Waals surface area contributed by atoms with E-state index in [9.17, 15) is 26.4 Å². The normalized spacial score (nSPS) is 19.6. The number of alkyl halides is 3. The molecule has 25 heavy (non-hydrogen) atoms. The van der Waals surface area contributed by atoms with Crippen LogP contribution in [0.5, 0.6) is 5.75 Å². The fraction of sp³-hybridized carbons (Fsp3) is 0.562. The van der Waals surface area contributed by atoms with Crippen LogP contribution >= 0.6 is 0 Å². The number of carbonyl (C=O) groups is 1. The average molecular weight is 379 g/mol. The lowest BCUT2D eigenvalue weighted by Gasteiger charge is -2.28. The number of hydrogen-bond donors (Lipinski definition) is 0. The van der Waals surface area contributed by atoms with Crippen molar-refractivity contribution in [2.45, 2.75) is 32.0 Å². The van der Waals surface area contributed by atoms with Gasteiger partial charge in [-0.3, -0.25) is 4.79 Å². The van der Waals surface area contributed by atoms with E-state index in [0.29, 0.717) is 19.4 Å². The summed E-state index contributed by atoms with van der Waals surface area (Å²) in [4.78, 5) is 13.8. The molecule has 1 aliphatic rings. The average Bonchev–Trinajstić information content (AvgIpc) is 2.89. The number of halogens is 3. The molecule has 140 valence electrons. The van der Waals surface area contributed by atoms with Crippen LogP contribution in [0.2, 0.25) is 0 Å². The van der Waals surface area contributed by atoms with Gasteiger partial charge < -0.3 is 9.64 Å². The third-order valence-corrected chi connectivity index (χ3v) is 5.73. The Kier molecular flexibility index (Phi) is 5.97. The van der Waals surface area contributed by atoms with Crippen LogP contribution < -0.4 is 4.74 Å². The molecular formula is C16H20F3NO4S. The first kappa shape index (κ1) is 19.6. The molecule has 1 aromatic carbocycles. The van der Waals surface area contributed by atoms with Crippen molar-refractivity contribution in [2.24, 2.45) is 0 Å². The Morgan fingerprint density at radius 1 is 1.32 bits per heavy atom. The summed E-state index contributed by atoms with van der Waals surface area (Å²) in [6, 6.07) is 4.22. The minimum absolute atomic E-state index is 0.0168. The molecule has 2 rings (SSSR count). The van der Waals surface area contributed by atoms with Crippen molar-refractivity contribution < 1.29 is 31.1 Å². The highest BCUT2D eigenvalue weighted by molar-refractivity contribution is 7.91. The molecule has 1 aliphatic heterocycles. The molecule has 0 spiro atoms. The molecule has 0 bridgehead atoms. The number of amides is 1. The summed E-state index contributed by atoms with van der Waals surface area (Å²) >= 11 is 0. The van der Waals surface area contributed by atoms with Gasteiger partial charge in [0.05, 0.1) is 17.1 Å². The second-order valence-corrected chi connectivity index (χ2v) is 8.16. The number of ether oxygens (including phenoxy) is 1. The van der Waals surface area contributed by atoms with E-state index in [1.165, 1.54) is 17.0 Å². The molecule has 0 saturated carbocycles. The second-order valence-electron chi connectivity index (χ2n) is 5.93. The zero-order chi connectivity index (χ0) is 18.7. The lowest BCUT2D eigenvalue weighted by Crippen LogP contribution is -2.44. The molecule has 1 heterocycles. The SMILES string of the molecule is CCCN(C(=O)COc1ccccc1C(F)(F)F)C1CCS(=O)(=O)C1. The topological polar surface area (TPSA) is 63.7 Å². The van der Waals surface area contributed by atoms with Gasteiger partial charge in [0.1, 0.15) is 5.75 Å². The quantitative estimate of drug-likeness (QED) is 0.762. The first-order chi connectivity index (χ1) is 11.6. The Morgan fingerprint density at radius 2 is 2.00 bits per heavy atom. The highest BCUT2D eigenvalue weighted by atomic mass is 32.2. The van der Waals surface area contributed by atoms with Gasteiger partial charge in [-0.05, 0) is 25.0 Å². The largest absolute Gasteiger partial charge is 0.483 e. The first-order valence-electron chi connectivity index (χ1n) is 7.93. The van der Waals surface area contributed by atoms with E-state index in [1.54, 1.807) is 0 Å². The van der Waals surface area contributed by atoms with E-state index >= 15 is 0 Å². The van der Waals surface area contributed by atoms with E-state index in [0.717, 1.165) is 12.1 Å². The molecule has 1 saturated heterocycles. The zero-order valence-electron chi connectivity index (χ0n) is 13.8. The van der Waals surface area contributed by atoms with Crippen LogP contribution in [-0.4, -0.2) is 49.9 Å². The molecule has 1 unspecified atom stereocenters. The molecule has 1 aromatic rings. The predicted octanol–water partition coefficient (Wildman–Crippen LogP) is 2.51. The maximum Gasteiger partial charge on any atom is 0.419 e. The summed E-state index contributed by atoms with van der Waals surface area (Å²) in [5, 5.41) is 0. The Bertz CT molecular complexity index is 718. The predicted molar refractivity (Wildman–Crippen MR) is 86.0 cm³/mol. The summed E-state index contributed by atoms with van der Waals surface area (Å²) in [6.07, 6.45) is -3.63. The van der Waals surface area contributed by atoms with Crippen molar-refractivity contribution in [3.63, 3.8) is 0 Å². The maximum atomic E-state index is 12.9. The Labute approximate surface area is 144 Å². The molecule has 1 amide bonds. The third-order valence-electron chi connectivity index (χ3n) is 3.98. The van der Waals surface area contributed by atoms with Gasteiger partial charge in [0.15, 0.2) is 16.4 Å². The molecule has 5 nitrogen and oxygen atoms in total. The van der Waals surface area contributed by atoms with E-state index in [-0.39, 0.29) is 11.5 Å². The van der Waals surface area contributed by atoms with Gasteiger partial charge in [-0.15, -0.1) is 0 Å². The van der Waals surface area contributed by atoms with E-state index < -0.39 is 45.9 Å². The highest BCUT2D eigenvalue weighted by Gasteiger charge is 2.36. The summed E-state index contributed by atoms with van der Waals surface area (Å²) in [5.74, 6) is -1.03. The Morgan fingerprint density at radius 3 is 2.56 bits per heavy atom.